The van der Waals surface area contributed by atoms with Gasteiger partial charge in [0, 0.05) is 30.0 Å². The van der Waals surface area contributed by atoms with Crippen LogP contribution in [0.5, 0.6) is 0 Å². The van der Waals surface area contributed by atoms with Crippen molar-refractivity contribution in [1.29, 1.82) is 5.26 Å². The van der Waals surface area contributed by atoms with E-state index < -0.39 is 23.2 Å². The number of carbonyl (C=O) groups excluding carboxylic acids is 2. The van der Waals surface area contributed by atoms with E-state index >= 15 is 0 Å². The molecule has 1 aromatic carbocycles. The molecule has 11 heteroatoms. The summed E-state index contributed by atoms with van der Waals surface area (Å²) >= 11 is 0. The number of hydrogen-bond acceptors (Lipinski definition) is 8. The first-order chi connectivity index (χ1) is 20.6. The number of benzene rings is 1. The predicted molar refractivity (Wildman–Crippen MR) is 160 cm³/mol. The maximum absolute atomic E-state index is 13.2. The number of ether oxygens (including phenoxy) is 2. The fourth-order valence-corrected chi connectivity index (χ4v) is 6.66. The van der Waals surface area contributed by atoms with E-state index in [-0.39, 0.29) is 30.5 Å². The molecule has 3 aliphatic rings. The van der Waals surface area contributed by atoms with Gasteiger partial charge in [-0.3, -0.25) is 14.3 Å². The Morgan fingerprint density at radius 2 is 2.00 bits per heavy atom. The van der Waals surface area contributed by atoms with Crippen molar-refractivity contribution in [1.82, 2.24) is 19.7 Å². The van der Waals surface area contributed by atoms with Crippen molar-refractivity contribution >= 4 is 34.3 Å². The van der Waals surface area contributed by atoms with Crippen molar-refractivity contribution in [2.45, 2.75) is 102 Å². The molecule has 11 nitrogen and oxygen atoms in total. The van der Waals surface area contributed by atoms with Crippen molar-refractivity contribution in [3.8, 4) is 6.07 Å². The van der Waals surface area contributed by atoms with Crippen molar-refractivity contribution in [2.75, 3.05) is 11.9 Å². The lowest BCUT2D eigenvalue weighted by atomic mass is 9.87. The van der Waals surface area contributed by atoms with E-state index in [0.29, 0.717) is 41.8 Å². The van der Waals surface area contributed by atoms with Crippen LogP contribution in [0.3, 0.4) is 0 Å². The van der Waals surface area contributed by atoms with Crippen LogP contribution in [-0.2, 0) is 26.4 Å². The zero-order chi connectivity index (χ0) is 30.4. The smallest absolute Gasteiger partial charge is 0.335 e. The lowest BCUT2D eigenvalue weighted by Crippen LogP contribution is -2.47. The van der Waals surface area contributed by atoms with Crippen LogP contribution in [0.15, 0.2) is 35.3 Å². The van der Waals surface area contributed by atoms with Crippen molar-refractivity contribution in [3.63, 3.8) is 0 Å². The minimum Gasteiger partial charge on any atom is -0.458 e. The van der Waals surface area contributed by atoms with Gasteiger partial charge in [-0.25, -0.2) is 4.79 Å². The molecule has 1 saturated carbocycles. The summed E-state index contributed by atoms with van der Waals surface area (Å²) in [6.07, 6.45) is 7.31. The van der Waals surface area contributed by atoms with Crippen LogP contribution < -0.4 is 10.9 Å². The molecule has 0 radical (unpaired) electrons. The number of fused-ring (bicyclic) bond motifs is 2. The largest absolute Gasteiger partial charge is 0.458 e. The lowest BCUT2D eigenvalue weighted by molar-refractivity contribution is -0.176. The van der Waals surface area contributed by atoms with E-state index in [1.165, 1.54) is 6.42 Å². The molecule has 1 saturated heterocycles. The molecule has 1 amide bonds. The Balaban J connectivity index is 1.29. The number of hydrogen-bond donors (Lipinski definition) is 2. The molecule has 2 fully saturated rings. The van der Waals surface area contributed by atoms with E-state index in [4.69, 9.17) is 14.6 Å². The van der Waals surface area contributed by atoms with E-state index in [0.717, 1.165) is 36.8 Å². The molecule has 226 valence electrons. The Morgan fingerprint density at radius 1 is 1.21 bits per heavy atom. The summed E-state index contributed by atoms with van der Waals surface area (Å²) in [4.78, 5) is 43.7. The van der Waals surface area contributed by atoms with Crippen molar-refractivity contribution < 1.29 is 19.1 Å². The summed E-state index contributed by atoms with van der Waals surface area (Å²) in [6, 6.07) is 9.94. The molecule has 2 atom stereocenters. The Bertz CT molecular complexity index is 1650. The fraction of sp³-hybridized carbons (Fsp3) is 0.531. The minimum atomic E-state index is -0.885. The van der Waals surface area contributed by atoms with Gasteiger partial charge in [-0.15, -0.1) is 0 Å². The predicted octanol–water partition coefficient (Wildman–Crippen LogP) is 4.89. The number of esters is 1. The zero-order valence-corrected chi connectivity index (χ0v) is 24.9. The van der Waals surface area contributed by atoms with E-state index in [1.807, 2.05) is 23.1 Å². The van der Waals surface area contributed by atoms with Gasteiger partial charge in [0.25, 0.3) is 11.5 Å². The fourth-order valence-electron chi connectivity index (χ4n) is 6.66. The molecule has 2 aromatic heterocycles. The van der Waals surface area contributed by atoms with Gasteiger partial charge in [0.1, 0.15) is 11.0 Å². The van der Waals surface area contributed by atoms with Crippen molar-refractivity contribution in [3.05, 3.63) is 51.9 Å². The molecule has 4 heterocycles. The molecule has 0 spiro atoms. The van der Waals surface area contributed by atoms with Gasteiger partial charge in [0.2, 0.25) is 0 Å². The van der Waals surface area contributed by atoms with Crippen LogP contribution >= 0.6 is 0 Å². The van der Waals surface area contributed by atoms with Gasteiger partial charge in [-0.2, -0.15) is 10.4 Å². The third-order valence-corrected chi connectivity index (χ3v) is 8.77. The molecule has 0 unspecified atom stereocenters. The van der Waals surface area contributed by atoms with Crippen LogP contribution in [0.2, 0.25) is 0 Å². The van der Waals surface area contributed by atoms with E-state index in [9.17, 15) is 19.6 Å². The van der Waals surface area contributed by atoms with Gasteiger partial charge < -0.3 is 24.7 Å². The van der Waals surface area contributed by atoms with Crippen LogP contribution in [0.4, 0.5) is 11.5 Å². The molecule has 2 N–H and O–H groups in total. The SMILES string of the molecule is CC(C)(C)OC(=O)[C@@H]1CC[C@@](CC#N)(n2nc(Nc3ccc4c(c3)CN(C3CCCCC3)C4=O)c3c(=O)[nH]ccc32)CO1. The molecule has 2 aliphatic heterocycles. The lowest BCUT2D eigenvalue weighted by Gasteiger charge is -2.39. The number of nitriles is 1. The average molecular weight is 587 g/mol. The highest BCUT2D eigenvalue weighted by molar-refractivity contribution is 5.99. The summed E-state index contributed by atoms with van der Waals surface area (Å²) in [5, 5.41) is 18.3. The first kappa shape index (κ1) is 28.9. The molecular weight excluding hydrogens is 548 g/mol. The van der Waals surface area contributed by atoms with Crippen LogP contribution in [-0.4, -0.2) is 55.9 Å². The van der Waals surface area contributed by atoms with E-state index in [1.54, 1.807) is 37.7 Å². The normalized spacial score (nSPS) is 22.8. The van der Waals surface area contributed by atoms with Crippen LogP contribution in [0.25, 0.3) is 10.9 Å². The number of nitrogens with one attached hydrogen (secondary N) is 2. The number of aromatic amines is 1. The van der Waals surface area contributed by atoms with Gasteiger partial charge in [0.15, 0.2) is 11.9 Å². The topological polar surface area (TPSA) is 142 Å². The Kier molecular flexibility index (Phi) is 7.50. The highest BCUT2D eigenvalue weighted by Gasteiger charge is 2.43. The molecule has 3 aromatic rings. The molecular formula is C32H38N6O5. The molecule has 1 aliphatic carbocycles. The van der Waals surface area contributed by atoms with Gasteiger partial charge in [-0.05, 0) is 76.3 Å². The number of carbonyl (C=O) groups is 2. The maximum atomic E-state index is 13.2. The second-order valence-electron chi connectivity index (χ2n) is 13.0. The quantitative estimate of drug-likeness (QED) is 0.389. The number of nitrogens with zero attached hydrogens (tertiary/aromatic N) is 4. The third-order valence-electron chi connectivity index (χ3n) is 8.77. The number of anilines is 2. The molecule has 6 rings (SSSR count). The van der Waals surface area contributed by atoms with Gasteiger partial charge in [0.05, 0.1) is 30.2 Å². The highest BCUT2D eigenvalue weighted by atomic mass is 16.6. The van der Waals surface area contributed by atoms with Crippen molar-refractivity contribution in [2.24, 2.45) is 0 Å². The number of aromatic nitrogens is 3. The average Bonchev–Trinajstić information content (AvgIpc) is 3.51. The summed E-state index contributed by atoms with van der Waals surface area (Å²) in [5.74, 6) is -0.00350. The Morgan fingerprint density at radius 3 is 2.70 bits per heavy atom. The number of amides is 1. The second kappa shape index (κ2) is 11.2. The summed E-state index contributed by atoms with van der Waals surface area (Å²) in [6.45, 7) is 6.06. The minimum absolute atomic E-state index is 0.0610. The summed E-state index contributed by atoms with van der Waals surface area (Å²) in [5.41, 5.74) is 1.10. The molecule has 43 heavy (non-hydrogen) atoms. The van der Waals surface area contributed by atoms with E-state index in [2.05, 4.69) is 16.4 Å². The summed E-state index contributed by atoms with van der Waals surface area (Å²) < 4.78 is 13.2. The molecule has 0 bridgehead atoms. The zero-order valence-electron chi connectivity index (χ0n) is 24.9. The monoisotopic (exact) mass is 586 g/mol. The summed E-state index contributed by atoms with van der Waals surface area (Å²) in [7, 11) is 0. The first-order valence-corrected chi connectivity index (χ1v) is 15.1. The second-order valence-corrected chi connectivity index (χ2v) is 13.0. The standard InChI is InChI=1S/C32H38N6O5/c1-31(2,3)43-30(41)25-11-13-32(14-15-33,19-42-25)38-24-12-16-34-28(39)26(24)27(36-38)35-21-9-10-23-20(17-21)18-37(29(23)40)22-7-5-4-6-8-22/h9-10,12,16-17,22,25H,4-8,11,13-14,18-19H2,1-3H3,(H,34,39)(H,35,36)/t25-,32-/m0/s1. The van der Waals surface area contributed by atoms with Gasteiger partial charge in [-0.1, -0.05) is 19.3 Å². The number of H-pyrrole nitrogens is 1. The first-order valence-electron chi connectivity index (χ1n) is 15.1. The Hall–Kier alpha value is -4.17. The maximum Gasteiger partial charge on any atom is 0.335 e. The third kappa shape index (κ3) is 5.52. The highest BCUT2D eigenvalue weighted by Crippen LogP contribution is 2.38. The Labute approximate surface area is 250 Å². The van der Waals surface area contributed by atoms with Gasteiger partial charge >= 0.3 is 5.97 Å². The number of pyridine rings is 1. The van der Waals surface area contributed by atoms with Crippen LogP contribution in [0, 0.1) is 11.3 Å². The van der Waals surface area contributed by atoms with Crippen LogP contribution in [0.1, 0.15) is 88.1 Å². The number of rotatable bonds is 6.